The number of fused-ring (bicyclic) bond motifs is 3. The van der Waals surface area contributed by atoms with E-state index in [1.165, 1.54) is 9.13 Å². The summed E-state index contributed by atoms with van der Waals surface area (Å²) in [7, 11) is 1.69. The lowest BCUT2D eigenvalue weighted by molar-refractivity contribution is 0.455. The van der Waals surface area contributed by atoms with Crippen molar-refractivity contribution in [3.63, 3.8) is 0 Å². The Balaban J connectivity index is 1.55. The van der Waals surface area contributed by atoms with Gasteiger partial charge in [0.2, 0.25) is 5.95 Å². The molecule has 5 rings (SSSR count). The Morgan fingerprint density at radius 1 is 1.00 bits per heavy atom. The van der Waals surface area contributed by atoms with Gasteiger partial charge in [0.05, 0.1) is 0 Å². The number of aromatic nitrogens is 4. The topological polar surface area (TPSA) is 74.3 Å². The number of para-hydroxylation sites is 1. The van der Waals surface area contributed by atoms with Gasteiger partial charge in [-0.1, -0.05) is 39.0 Å². The average Bonchev–Trinajstić information content (AvgIpc) is 3.23. The van der Waals surface area contributed by atoms with Gasteiger partial charge >= 0.3 is 5.69 Å². The molecule has 1 atom stereocenters. The third-order valence-corrected chi connectivity index (χ3v) is 6.50. The van der Waals surface area contributed by atoms with Crippen LogP contribution in [0.2, 0.25) is 0 Å². The minimum absolute atomic E-state index is 0.261. The molecule has 0 aliphatic carbocycles. The quantitative estimate of drug-likeness (QED) is 0.412. The van der Waals surface area contributed by atoms with Gasteiger partial charge in [0.1, 0.15) is 11.5 Å². The van der Waals surface area contributed by atoms with Gasteiger partial charge in [-0.3, -0.25) is 13.9 Å². The lowest BCUT2D eigenvalue weighted by Crippen LogP contribution is -2.40. The molecule has 1 aliphatic heterocycles. The van der Waals surface area contributed by atoms with Gasteiger partial charge in [0.15, 0.2) is 11.2 Å². The fourth-order valence-corrected chi connectivity index (χ4v) is 4.63. The van der Waals surface area contributed by atoms with Crippen molar-refractivity contribution in [1.82, 2.24) is 18.7 Å². The van der Waals surface area contributed by atoms with E-state index in [-0.39, 0.29) is 11.2 Å². The van der Waals surface area contributed by atoms with Crippen LogP contribution in [0, 0.1) is 11.8 Å². The number of nitrogens with zero attached hydrogens (tertiary/aromatic N) is 5. The van der Waals surface area contributed by atoms with Crippen LogP contribution in [-0.2, 0) is 20.1 Å². The first kappa shape index (κ1) is 23.0. The van der Waals surface area contributed by atoms with Crippen LogP contribution in [0.3, 0.4) is 0 Å². The van der Waals surface area contributed by atoms with Crippen LogP contribution in [0.4, 0.5) is 11.6 Å². The zero-order valence-electron chi connectivity index (χ0n) is 20.6. The van der Waals surface area contributed by atoms with Crippen molar-refractivity contribution in [3.8, 4) is 11.5 Å². The van der Waals surface area contributed by atoms with Gasteiger partial charge in [-0.15, -0.1) is 0 Å². The number of ether oxygens (including phenoxy) is 1. The molecular weight excluding hydrogens is 442 g/mol. The van der Waals surface area contributed by atoms with Crippen LogP contribution in [0.15, 0.2) is 64.2 Å². The molecular formula is C27H31N5O3. The molecule has 1 aliphatic rings. The van der Waals surface area contributed by atoms with E-state index in [1.807, 2.05) is 59.2 Å². The number of rotatable bonds is 6. The summed E-state index contributed by atoms with van der Waals surface area (Å²) in [4.78, 5) is 33.4. The third-order valence-electron chi connectivity index (χ3n) is 6.50. The molecule has 8 nitrogen and oxygen atoms in total. The molecule has 3 heterocycles. The minimum Gasteiger partial charge on any atom is -0.457 e. The number of imidazole rings is 1. The van der Waals surface area contributed by atoms with Crippen molar-refractivity contribution in [3.05, 3.63) is 75.4 Å². The molecule has 0 unspecified atom stereocenters. The Morgan fingerprint density at radius 3 is 2.37 bits per heavy atom. The van der Waals surface area contributed by atoms with Crippen molar-refractivity contribution in [1.29, 1.82) is 0 Å². The third kappa shape index (κ3) is 4.24. The minimum atomic E-state index is -0.319. The maximum atomic E-state index is 13.5. The number of benzene rings is 2. The van der Waals surface area contributed by atoms with Crippen molar-refractivity contribution in [2.75, 3.05) is 11.4 Å². The molecule has 0 saturated heterocycles. The molecule has 0 radical (unpaired) electrons. The Bertz CT molecular complexity index is 1470. The second kappa shape index (κ2) is 9.09. The van der Waals surface area contributed by atoms with Crippen LogP contribution in [0.5, 0.6) is 11.5 Å². The SMILES string of the molecule is CC(C)CCn1c(=O)c2c(nc3n2C[C@@H](C)CN3c2ccc(Oc3ccccc3)cc2)n(C)c1=O. The summed E-state index contributed by atoms with van der Waals surface area (Å²) < 4.78 is 10.8. The van der Waals surface area contributed by atoms with Crippen molar-refractivity contribution in [2.45, 2.75) is 40.3 Å². The van der Waals surface area contributed by atoms with Gasteiger partial charge in [0, 0.05) is 32.4 Å². The van der Waals surface area contributed by atoms with Gasteiger partial charge in [0.25, 0.3) is 5.56 Å². The first-order chi connectivity index (χ1) is 16.8. The van der Waals surface area contributed by atoms with E-state index >= 15 is 0 Å². The highest BCUT2D eigenvalue weighted by molar-refractivity contribution is 5.77. The molecule has 0 N–H and O–H groups in total. The Hall–Kier alpha value is -3.81. The highest BCUT2D eigenvalue weighted by Crippen LogP contribution is 2.34. The lowest BCUT2D eigenvalue weighted by atomic mass is 10.1. The zero-order valence-corrected chi connectivity index (χ0v) is 20.6. The molecule has 2 aromatic heterocycles. The molecule has 182 valence electrons. The normalized spacial score (nSPS) is 15.6. The Morgan fingerprint density at radius 2 is 1.69 bits per heavy atom. The van der Waals surface area contributed by atoms with Gasteiger partial charge in [-0.25, -0.2) is 4.79 Å². The van der Waals surface area contributed by atoms with Crippen molar-refractivity contribution < 1.29 is 4.74 Å². The molecule has 2 aromatic carbocycles. The summed E-state index contributed by atoms with van der Waals surface area (Å²) in [6, 6.07) is 17.5. The highest BCUT2D eigenvalue weighted by atomic mass is 16.5. The van der Waals surface area contributed by atoms with Crippen LogP contribution < -0.4 is 20.9 Å². The maximum Gasteiger partial charge on any atom is 0.332 e. The van der Waals surface area contributed by atoms with Crippen LogP contribution in [-0.4, -0.2) is 25.2 Å². The standard InChI is InChI=1S/C27H31N5O3/c1-18(2)14-15-30-25(33)23-24(29(4)27(30)34)28-26-31(16-19(3)17-32(23)26)20-10-12-22(13-11-20)35-21-8-6-5-7-9-21/h5-13,18-19H,14-17H2,1-4H3/t19-/m0/s1. The second-order valence-electron chi connectivity index (χ2n) is 9.80. The van der Waals surface area contributed by atoms with E-state index in [9.17, 15) is 9.59 Å². The monoisotopic (exact) mass is 473 g/mol. The Kier molecular flexibility index (Phi) is 5.96. The first-order valence-corrected chi connectivity index (χ1v) is 12.1. The van der Waals surface area contributed by atoms with Crippen molar-refractivity contribution in [2.24, 2.45) is 18.9 Å². The van der Waals surface area contributed by atoms with Gasteiger partial charge < -0.3 is 14.2 Å². The summed E-state index contributed by atoms with van der Waals surface area (Å²) in [6.07, 6.45) is 0.765. The summed E-state index contributed by atoms with van der Waals surface area (Å²) in [5.74, 6) is 2.90. The van der Waals surface area contributed by atoms with E-state index in [0.717, 1.165) is 30.2 Å². The maximum absolute atomic E-state index is 13.5. The molecule has 35 heavy (non-hydrogen) atoms. The number of hydrogen-bond donors (Lipinski definition) is 0. The summed E-state index contributed by atoms with van der Waals surface area (Å²) in [6.45, 7) is 8.18. The van der Waals surface area contributed by atoms with Crippen LogP contribution >= 0.6 is 0 Å². The lowest BCUT2D eigenvalue weighted by Gasteiger charge is -2.33. The summed E-state index contributed by atoms with van der Waals surface area (Å²) in [5.41, 5.74) is 1.30. The van der Waals surface area contributed by atoms with E-state index < -0.39 is 0 Å². The molecule has 0 bridgehead atoms. The van der Waals surface area contributed by atoms with E-state index in [0.29, 0.717) is 42.0 Å². The molecule has 0 amide bonds. The number of anilines is 2. The number of aryl methyl sites for hydroxylation is 1. The van der Waals surface area contributed by atoms with Crippen LogP contribution in [0.25, 0.3) is 11.2 Å². The molecule has 4 aromatic rings. The van der Waals surface area contributed by atoms with Gasteiger partial charge in [-0.2, -0.15) is 4.98 Å². The smallest absolute Gasteiger partial charge is 0.332 e. The average molecular weight is 474 g/mol. The fraction of sp³-hybridized carbons (Fsp3) is 0.370. The van der Waals surface area contributed by atoms with Gasteiger partial charge in [-0.05, 0) is 54.7 Å². The van der Waals surface area contributed by atoms with E-state index in [2.05, 4.69) is 25.7 Å². The Labute approximate surface area is 204 Å². The predicted molar refractivity (Wildman–Crippen MR) is 138 cm³/mol. The second-order valence-corrected chi connectivity index (χ2v) is 9.80. The first-order valence-electron chi connectivity index (χ1n) is 12.1. The van der Waals surface area contributed by atoms with E-state index in [4.69, 9.17) is 9.72 Å². The van der Waals surface area contributed by atoms with E-state index in [1.54, 1.807) is 7.05 Å². The van der Waals surface area contributed by atoms with Crippen molar-refractivity contribution >= 4 is 22.8 Å². The molecule has 0 saturated carbocycles. The predicted octanol–water partition coefficient (Wildman–Crippen LogP) is 4.52. The highest BCUT2D eigenvalue weighted by Gasteiger charge is 2.29. The number of hydrogen-bond acceptors (Lipinski definition) is 5. The summed E-state index contributed by atoms with van der Waals surface area (Å²) >= 11 is 0. The molecule has 0 fully saturated rings. The molecule has 0 spiro atoms. The largest absolute Gasteiger partial charge is 0.457 e. The summed E-state index contributed by atoms with van der Waals surface area (Å²) in [5, 5.41) is 0. The fourth-order valence-electron chi connectivity index (χ4n) is 4.63. The molecule has 8 heteroatoms. The van der Waals surface area contributed by atoms with Crippen LogP contribution in [0.1, 0.15) is 27.2 Å². The zero-order chi connectivity index (χ0) is 24.7.